The first kappa shape index (κ1) is 6.80. The van der Waals surface area contributed by atoms with Crippen molar-refractivity contribution >= 4 is 11.6 Å². The summed E-state index contributed by atoms with van der Waals surface area (Å²) in [5.74, 6) is 0.431. The van der Waals surface area contributed by atoms with Crippen LogP contribution in [-0.2, 0) is 0 Å². The highest BCUT2D eigenvalue weighted by atomic mass is 16.4. The van der Waals surface area contributed by atoms with Gasteiger partial charge in [-0.1, -0.05) is 18.6 Å². The number of hydrogen-bond acceptors (Lipinski definition) is 4. The molecule has 10 heavy (non-hydrogen) atoms. The van der Waals surface area contributed by atoms with E-state index in [1.165, 1.54) is 0 Å². The van der Waals surface area contributed by atoms with Crippen LogP contribution in [0.3, 0.4) is 0 Å². The number of aromatic nitrogens is 2. The molecule has 0 aliphatic carbocycles. The first-order chi connectivity index (χ1) is 4.74. The van der Waals surface area contributed by atoms with E-state index in [2.05, 4.69) is 16.8 Å². The molecule has 0 aromatic carbocycles. The van der Waals surface area contributed by atoms with Gasteiger partial charge in [0, 0.05) is 5.57 Å². The lowest BCUT2D eigenvalue weighted by Crippen LogP contribution is -1.81. The zero-order chi connectivity index (χ0) is 7.56. The molecular formula is C6H9N3O. The van der Waals surface area contributed by atoms with Gasteiger partial charge in [0.2, 0.25) is 5.89 Å². The largest absolute Gasteiger partial charge is 0.404 e. The Morgan fingerprint density at radius 2 is 2.40 bits per heavy atom. The van der Waals surface area contributed by atoms with Gasteiger partial charge in [0.05, 0.1) is 0 Å². The fraction of sp³-hybridized carbons (Fsp3) is 0.333. The first-order valence-electron chi connectivity index (χ1n) is 3.01. The molecule has 0 saturated carbocycles. The molecule has 0 atom stereocenters. The maximum absolute atomic E-state index is 5.19. The lowest BCUT2D eigenvalue weighted by molar-refractivity contribution is 0.556. The van der Waals surface area contributed by atoms with Crippen molar-refractivity contribution in [3.05, 3.63) is 12.5 Å². The normalized spacial score (nSPS) is 9.70. The molecule has 1 aromatic rings. The van der Waals surface area contributed by atoms with E-state index in [9.17, 15) is 0 Å². The molecule has 0 saturated heterocycles. The predicted molar refractivity (Wildman–Crippen MR) is 38.0 cm³/mol. The summed E-state index contributed by atoms with van der Waals surface area (Å²) in [6.07, 6.45) is 0.793. The Balaban J connectivity index is 2.85. The summed E-state index contributed by atoms with van der Waals surface area (Å²) < 4.78 is 4.89. The lowest BCUT2D eigenvalue weighted by atomic mass is 10.2. The third kappa shape index (κ3) is 1.15. The maximum atomic E-state index is 5.19. The number of nitrogens with zero attached hydrogens (tertiary/aromatic N) is 2. The van der Waals surface area contributed by atoms with E-state index in [0.29, 0.717) is 5.89 Å². The topological polar surface area (TPSA) is 64.9 Å². The third-order valence-electron chi connectivity index (χ3n) is 1.17. The standard InChI is InChI=1S/C6H9N3O/c1-3-4(2)5-8-9-6(7)10-5/h2-3H2,1H3,(H2,7,9). The van der Waals surface area contributed by atoms with Crippen molar-refractivity contribution in [1.82, 2.24) is 10.2 Å². The van der Waals surface area contributed by atoms with Crippen LogP contribution in [0.25, 0.3) is 5.57 Å². The Labute approximate surface area is 58.7 Å². The van der Waals surface area contributed by atoms with Crippen LogP contribution in [0.4, 0.5) is 6.01 Å². The number of anilines is 1. The second-order valence-electron chi connectivity index (χ2n) is 1.90. The van der Waals surface area contributed by atoms with Crippen molar-refractivity contribution < 1.29 is 4.42 Å². The number of rotatable bonds is 2. The fourth-order valence-electron chi connectivity index (χ4n) is 0.529. The first-order valence-corrected chi connectivity index (χ1v) is 3.01. The average Bonchev–Trinajstić information content (AvgIpc) is 2.34. The smallest absolute Gasteiger partial charge is 0.313 e. The Morgan fingerprint density at radius 3 is 2.80 bits per heavy atom. The van der Waals surface area contributed by atoms with Crippen molar-refractivity contribution in [2.45, 2.75) is 13.3 Å². The molecule has 1 heterocycles. The van der Waals surface area contributed by atoms with E-state index in [1.807, 2.05) is 6.92 Å². The van der Waals surface area contributed by atoms with E-state index in [-0.39, 0.29) is 6.01 Å². The summed E-state index contributed by atoms with van der Waals surface area (Å²) in [4.78, 5) is 0. The zero-order valence-corrected chi connectivity index (χ0v) is 5.79. The number of hydrogen-bond donors (Lipinski definition) is 1. The molecule has 0 amide bonds. The van der Waals surface area contributed by atoms with Gasteiger partial charge in [0.25, 0.3) is 0 Å². The highest BCUT2D eigenvalue weighted by Gasteiger charge is 2.03. The highest BCUT2D eigenvalue weighted by Crippen LogP contribution is 2.13. The van der Waals surface area contributed by atoms with Gasteiger partial charge in [0.1, 0.15) is 0 Å². The molecular weight excluding hydrogens is 130 g/mol. The van der Waals surface area contributed by atoms with Gasteiger partial charge < -0.3 is 10.2 Å². The average molecular weight is 139 g/mol. The molecule has 4 nitrogen and oxygen atoms in total. The van der Waals surface area contributed by atoms with Gasteiger partial charge in [0.15, 0.2) is 0 Å². The minimum Gasteiger partial charge on any atom is -0.404 e. The minimum absolute atomic E-state index is 0.0876. The Bertz CT molecular complexity index is 241. The van der Waals surface area contributed by atoms with Crippen LogP contribution in [-0.4, -0.2) is 10.2 Å². The summed E-state index contributed by atoms with van der Waals surface area (Å²) in [7, 11) is 0. The quantitative estimate of drug-likeness (QED) is 0.665. The molecule has 0 radical (unpaired) electrons. The second-order valence-corrected chi connectivity index (χ2v) is 1.90. The van der Waals surface area contributed by atoms with Crippen LogP contribution in [0, 0.1) is 0 Å². The van der Waals surface area contributed by atoms with Gasteiger partial charge in [-0.3, -0.25) is 0 Å². The van der Waals surface area contributed by atoms with Gasteiger partial charge in [-0.2, -0.15) is 0 Å². The SMILES string of the molecule is C=C(CC)c1nnc(N)o1. The molecule has 1 rings (SSSR count). The van der Waals surface area contributed by atoms with Gasteiger partial charge in [-0.25, -0.2) is 0 Å². The number of nitrogens with two attached hydrogens (primary N) is 1. The van der Waals surface area contributed by atoms with Crippen molar-refractivity contribution in [2.24, 2.45) is 0 Å². The van der Waals surface area contributed by atoms with Crippen LogP contribution in [0.15, 0.2) is 11.0 Å². The van der Waals surface area contributed by atoms with Crippen molar-refractivity contribution in [1.29, 1.82) is 0 Å². The fourth-order valence-corrected chi connectivity index (χ4v) is 0.529. The Kier molecular flexibility index (Phi) is 1.71. The molecule has 0 spiro atoms. The molecule has 2 N–H and O–H groups in total. The molecule has 0 aliphatic heterocycles. The summed E-state index contributed by atoms with van der Waals surface area (Å²) in [6, 6.07) is 0.0876. The van der Waals surface area contributed by atoms with Gasteiger partial charge in [-0.05, 0) is 6.42 Å². The van der Waals surface area contributed by atoms with Gasteiger partial charge in [-0.15, -0.1) is 5.10 Å². The van der Waals surface area contributed by atoms with Crippen LogP contribution in [0.1, 0.15) is 19.2 Å². The van der Waals surface area contributed by atoms with E-state index in [0.717, 1.165) is 12.0 Å². The molecule has 4 heteroatoms. The number of allylic oxidation sites excluding steroid dienone is 1. The minimum atomic E-state index is 0.0876. The third-order valence-corrected chi connectivity index (χ3v) is 1.17. The summed E-state index contributed by atoms with van der Waals surface area (Å²) >= 11 is 0. The van der Waals surface area contributed by atoms with Crippen LogP contribution < -0.4 is 5.73 Å². The van der Waals surface area contributed by atoms with E-state index in [1.54, 1.807) is 0 Å². The van der Waals surface area contributed by atoms with E-state index >= 15 is 0 Å². The molecule has 0 fully saturated rings. The molecule has 1 aromatic heterocycles. The molecule has 54 valence electrons. The Morgan fingerprint density at radius 1 is 1.70 bits per heavy atom. The van der Waals surface area contributed by atoms with E-state index < -0.39 is 0 Å². The van der Waals surface area contributed by atoms with Crippen LogP contribution in [0.2, 0.25) is 0 Å². The van der Waals surface area contributed by atoms with Crippen molar-refractivity contribution in [2.75, 3.05) is 5.73 Å². The monoisotopic (exact) mass is 139 g/mol. The summed E-state index contributed by atoms with van der Waals surface area (Å²) in [5.41, 5.74) is 6.00. The van der Waals surface area contributed by atoms with Crippen LogP contribution in [0.5, 0.6) is 0 Å². The van der Waals surface area contributed by atoms with E-state index in [4.69, 9.17) is 10.2 Å². The number of nitrogen functional groups attached to an aromatic ring is 1. The molecule has 0 unspecified atom stereocenters. The summed E-state index contributed by atoms with van der Waals surface area (Å²) in [6.45, 7) is 5.67. The Hall–Kier alpha value is -1.32. The highest BCUT2D eigenvalue weighted by molar-refractivity contribution is 5.54. The zero-order valence-electron chi connectivity index (χ0n) is 5.79. The maximum Gasteiger partial charge on any atom is 0.313 e. The van der Waals surface area contributed by atoms with Crippen molar-refractivity contribution in [3.8, 4) is 0 Å². The predicted octanol–water partition coefficient (Wildman–Crippen LogP) is 1.07. The second kappa shape index (κ2) is 2.51. The molecule has 0 aliphatic rings. The van der Waals surface area contributed by atoms with Crippen molar-refractivity contribution in [3.63, 3.8) is 0 Å². The van der Waals surface area contributed by atoms with Crippen LogP contribution >= 0.6 is 0 Å². The lowest BCUT2D eigenvalue weighted by Gasteiger charge is -1.90. The van der Waals surface area contributed by atoms with Gasteiger partial charge >= 0.3 is 6.01 Å². The molecule has 0 bridgehead atoms. The summed E-state index contributed by atoms with van der Waals surface area (Å²) in [5, 5.41) is 7.13.